The van der Waals surface area contributed by atoms with Crippen LogP contribution in [0.1, 0.15) is 25.7 Å². The first-order valence-corrected chi connectivity index (χ1v) is 8.08. The van der Waals surface area contributed by atoms with Gasteiger partial charge in [-0.25, -0.2) is 13.2 Å². The van der Waals surface area contributed by atoms with Gasteiger partial charge in [-0.2, -0.15) is 0 Å². The lowest BCUT2D eigenvalue weighted by Gasteiger charge is -2.12. The molecular formula is C13H17NO6S. The number of aliphatic carboxylic acids is 1. The van der Waals surface area contributed by atoms with Gasteiger partial charge in [-0.15, -0.1) is 0 Å². The Hall–Kier alpha value is -1.64. The minimum absolute atomic E-state index is 0.0307. The topological polar surface area (TPSA) is 102 Å². The van der Waals surface area contributed by atoms with Crippen molar-refractivity contribution >= 4 is 16.0 Å². The van der Waals surface area contributed by atoms with E-state index in [9.17, 15) is 13.2 Å². The van der Waals surface area contributed by atoms with Crippen molar-refractivity contribution in [3.63, 3.8) is 0 Å². The zero-order valence-corrected chi connectivity index (χ0v) is 12.1. The van der Waals surface area contributed by atoms with E-state index in [4.69, 9.17) is 14.7 Å². The van der Waals surface area contributed by atoms with Gasteiger partial charge < -0.3 is 9.84 Å². The lowest BCUT2D eigenvalue weighted by Crippen LogP contribution is -2.28. The minimum Gasteiger partial charge on any atom is -0.482 e. The van der Waals surface area contributed by atoms with Crippen molar-refractivity contribution in [2.45, 2.75) is 36.7 Å². The second-order valence-electron chi connectivity index (χ2n) is 4.76. The number of nitrogens with one attached hydrogen (secondary N) is 1. The maximum absolute atomic E-state index is 12.0. The molecule has 0 aliphatic heterocycles. The summed E-state index contributed by atoms with van der Waals surface area (Å²) in [5.74, 6) is -0.814. The molecule has 0 atom stereocenters. The van der Waals surface area contributed by atoms with Crippen molar-refractivity contribution in [2.24, 2.45) is 0 Å². The fourth-order valence-corrected chi connectivity index (χ4v) is 2.90. The van der Waals surface area contributed by atoms with E-state index < -0.39 is 22.6 Å². The van der Waals surface area contributed by atoms with Crippen LogP contribution in [-0.2, 0) is 19.7 Å². The Morgan fingerprint density at radius 3 is 2.43 bits per heavy atom. The zero-order valence-electron chi connectivity index (χ0n) is 11.3. The van der Waals surface area contributed by atoms with Gasteiger partial charge in [0.15, 0.2) is 6.61 Å². The van der Waals surface area contributed by atoms with E-state index in [2.05, 4.69) is 4.89 Å². The number of hydrogen-bond acceptors (Lipinski definition) is 5. The number of hydrogen-bond donors (Lipinski definition) is 2. The highest BCUT2D eigenvalue weighted by atomic mass is 32.2. The number of sulfonamides is 1. The van der Waals surface area contributed by atoms with E-state index in [0.29, 0.717) is 0 Å². The average molecular weight is 315 g/mol. The molecule has 0 bridgehead atoms. The molecule has 116 valence electrons. The van der Waals surface area contributed by atoms with Gasteiger partial charge in [-0.1, -0.05) is 17.7 Å². The fourth-order valence-electron chi connectivity index (χ4n) is 2.05. The summed E-state index contributed by atoms with van der Waals surface area (Å²) in [6.07, 6.45) is 3.72. The summed E-state index contributed by atoms with van der Waals surface area (Å²) in [5.41, 5.74) is 0. The number of carboxylic acids is 1. The Morgan fingerprint density at radius 2 is 1.86 bits per heavy atom. The summed E-state index contributed by atoms with van der Waals surface area (Å²) in [6.45, 7) is -0.477. The molecule has 0 amide bonds. The van der Waals surface area contributed by atoms with Crippen molar-refractivity contribution in [3.8, 4) is 5.75 Å². The predicted octanol–water partition coefficient (Wildman–Crippen LogP) is 1.30. The molecule has 0 unspecified atom stereocenters. The molecular weight excluding hydrogens is 298 g/mol. The molecule has 7 nitrogen and oxygen atoms in total. The number of benzene rings is 1. The van der Waals surface area contributed by atoms with Crippen molar-refractivity contribution in [3.05, 3.63) is 24.3 Å². The van der Waals surface area contributed by atoms with Crippen molar-refractivity contribution in [1.29, 1.82) is 0 Å². The number of carbonyl (C=O) groups is 1. The first kappa shape index (κ1) is 15.7. The molecule has 0 aromatic heterocycles. The molecule has 21 heavy (non-hydrogen) atoms. The molecule has 0 spiro atoms. The highest BCUT2D eigenvalue weighted by molar-refractivity contribution is 7.89. The fraction of sp³-hybridized carbons (Fsp3) is 0.462. The quantitative estimate of drug-likeness (QED) is 0.735. The Labute approximate surface area is 122 Å². The van der Waals surface area contributed by atoms with Crippen LogP contribution in [0.15, 0.2) is 29.2 Å². The van der Waals surface area contributed by atoms with Gasteiger partial charge >= 0.3 is 5.97 Å². The molecule has 1 aliphatic carbocycles. The summed E-state index contributed by atoms with van der Waals surface area (Å²) in [4.78, 5) is 17.7. The van der Waals surface area contributed by atoms with E-state index in [1.54, 1.807) is 0 Å². The Kier molecular flexibility index (Phi) is 5.16. The van der Waals surface area contributed by atoms with E-state index in [1.807, 2.05) is 0 Å². The molecule has 8 heteroatoms. The third-order valence-corrected chi connectivity index (χ3v) is 4.33. The average Bonchev–Trinajstić information content (AvgIpc) is 2.97. The third-order valence-electron chi connectivity index (χ3n) is 3.12. The second-order valence-corrected chi connectivity index (χ2v) is 6.41. The summed E-state index contributed by atoms with van der Waals surface area (Å²) < 4.78 is 28.9. The maximum Gasteiger partial charge on any atom is 0.341 e. The standard InChI is InChI=1S/C13H17NO6S/c15-13(16)9-19-10-5-7-12(8-6-10)21(17,18)14-20-11-3-1-2-4-11/h5-8,11,14H,1-4,9H2,(H,15,16). The summed E-state index contributed by atoms with van der Waals surface area (Å²) in [7, 11) is -3.74. The van der Waals surface area contributed by atoms with Crippen LogP contribution < -0.4 is 9.62 Å². The Morgan fingerprint density at radius 1 is 1.24 bits per heavy atom. The summed E-state index contributed by atoms with van der Waals surface area (Å²) in [5, 5.41) is 8.48. The van der Waals surface area contributed by atoms with Crippen LogP contribution in [0.4, 0.5) is 0 Å². The Balaban J connectivity index is 1.94. The van der Waals surface area contributed by atoms with Gasteiger partial charge in [-0.3, -0.25) is 4.84 Å². The van der Waals surface area contributed by atoms with E-state index in [0.717, 1.165) is 25.7 Å². The Bertz CT molecular complexity index is 577. The summed E-state index contributed by atoms with van der Waals surface area (Å²) in [6, 6.07) is 5.45. The molecule has 1 saturated carbocycles. The van der Waals surface area contributed by atoms with Crippen molar-refractivity contribution < 1.29 is 27.9 Å². The second kappa shape index (κ2) is 6.88. The lowest BCUT2D eigenvalue weighted by atomic mass is 10.3. The molecule has 1 aromatic rings. The van der Waals surface area contributed by atoms with E-state index >= 15 is 0 Å². The van der Waals surface area contributed by atoms with Crippen molar-refractivity contribution in [1.82, 2.24) is 4.89 Å². The first-order chi connectivity index (χ1) is 9.97. The molecule has 1 aromatic carbocycles. The molecule has 1 aliphatic rings. The SMILES string of the molecule is O=C(O)COc1ccc(S(=O)(=O)NOC2CCCC2)cc1. The van der Waals surface area contributed by atoms with Crippen LogP contribution in [0.5, 0.6) is 5.75 Å². The van der Waals surface area contributed by atoms with Crippen LogP contribution in [-0.4, -0.2) is 32.2 Å². The van der Waals surface area contributed by atoms with Gasteiger partial charge in [0.2, 0.25) is 0 Å². The van der Waals surface area contributed by atoms with Crippen LogP contribution >= 0.6 is 0 Å². The molecule has 1 fully saturated rings. The third kappa shape index (κ3) is 4.69. The van der Waals surface area contributed by atoms with Gasteiger partial charge in [0, 0.05) is 0 Å². The highest BCUT2D eigenvalue weighted by Gasteiger charge is 2.20. The number of ether oxygens (including phenoxy) is 1. The van der Waals surface area contributed by atoms with Gasteiger partial charge in [0.25, 0.3) is 10.0 Å². The number of rotatable bonds is 7. The van der Waals surface area contributed by atoms with Crippen LogP contribution in [0.25, 0.3) is 0 Å². The maximum atomic E-state index is 12.0. The van der Waals surface area contributed by atoms with E-state index in [1.165, 1.54) is 24.3 Å². The molecule has 0 saturated heterocycles. The smallest absolute Gasteiger partial charge is 0.341 e. The van der Waals surface area contributed by atoms with E-state index in [-0.39, 0.29) is 16.7 Å². The lowest BCUT2D eigenvalue weighted by molar-refractivity contribution is -0.139. The molecule has 2 N–H and O–H groups in total. The van der Waals surface area contributed by atoms with Gasteiger partial charge in [0.05, 0.1) is 11.0 Å². The zero-order chi connectivity index (χ0) is 15.3. The largest absolute Gasteiger partial charge is 0.482 e. The van der Waals surface area contributed by atoms with Gasteiger partial charge in [0.1, 0.15) is 5.75 Å². The van der Waals surface area contributed by atoms with Crippen LogP contribution in [0.2, 0.25) is 0 Å². The number of carboxylic acid groups (broad SMARTS) is 1. The molecule has 2 rings (SSSR count). The molecule has 0 heterocycles. The normalized spacial score (nSPS) is 16.0. The minimum atomic E-state index is -3.74. The molecule has 0 radical (unpaired) electrons. The van der Waals surface area contributed by atoms with Crippen molar-refractivity contribution in [2.75, 3.05) is 6.61 Å². The van der Waals surface area contributed by atoms with Gasteiger partial charge in [-0.05, 0) is 37.1 Å². The van der Waals surface area contributed by atoms with Crippen LogP contribution in [0, 0.1) is 0 Å². The first-order valence-electron chi connectivity index (χ1n) is 6.59. The van der Waals surface area contributed by atoms with Crippen LogP contribution in [0.3, 0.4) is 0 Å². The highest BCUT2D eigenvalue weighted by Crippen LogP contribution is 2.21. The monoisotopic (exact) mass is 315 g/mol. The summed E-state index contributed by atoms with van der Waals surface area (Å²) >= 11 is 0. The predicted molar refractivity (Wildman–Crippen MR) is 73.2 cm³/mol.